The normalized spacial score (nSPS) is 10.6. The van der Waals surface area contributed by atoms with Gasteiger partial charge in [-0.2, -0.15) is 5.10 Å². The van der Waals surface area contributed by atoms with Gasteiger partial charge >= 0.3 is 0 Å². The van der Waals surface area contributed by atoms with Gasteiger partial charge < -0.3 is 5.73 Å². The van der Waals surface area contributed by atoms with E-state index in [0.29, 0.717) is 26.9 Å². The molecule has 0 saturated heterocycles. The molecular weight excluding hydrogens is 321 g/mol. The molecule has 110 valence electrons. The maximum Gasteiger partial charge on any atom is 0.198 e. The van der Waals surface area contributed by atoms with Crippen LogP contribution < -0.4 is 5.73 Å². The monoisotopic (exact) mass is 331 g/mol. The highest BCUT2D eigenvalue weighted by molar-refractivity contribution is 6.31. The summed E-state index contributed by atoms with van der Waals surface area (Å²) in [6.45, 7) is 0. The molecule has 22 heavy (non-hydrogen) atoms. The third-order valence-electron chi connectivity index (χ3n) is 3.21. The molecular formula is C16H11Cl2N3O. The number of carbonyl (C=O) groups excluding carboxylic acids is 1. The lowest BCUT2D eigenvalue weighted by Gasteiger charge is -2.05. The van der Waals surface area contributed by atoms with E-state index >= 15 is 0 Å². The number of hydrogen-bond acceptors (Lipinski definition) is 3. The molecule has 0 aliphatic rings. The van der Waals surface area contributed by atoms with E-state index in [4.69, 9.17) is 28.9 Å². The molecule has 1 aromatic heterocycles. The Hall–Kier alpha value is -2.30. The van der Waals surface area contributed by atoms with Gasteiger partial charge in [0.1, 0.15) is 5.82 Å². The van der Waals surface area contributed by atoms with Crippen LogP contribution in [0.15, 0.2) is 54.7 Å². The molecule has 3 aromatic rings. The van der Waals surface area contributed by atoms with Crippen LogP contribution in [0.4, 0.5) is 5.82 Å². The van der Waals surface area contributed by atoms with E-state index in [1.165, 1.54) is 10.9 Å². The van der Waals surface area contributed by atoms with E-state index in [1.807, 2.05) is 6.07 Å². The maximum atomic E-state index is 12.5. The van der Waals surface area contributed by atoms with Crippen molar-refractivity contribution >= 4 is 34.8 Å². The van der Waals surface area contributed by atoms with Gasteiger partial charge in [-0.3, -0.25) is 4.79 Å². The molecule has 0 aliphatic heterocycles. The molecule has 2 N–H and O–H groups in total. The smallest absolute Gasteiger partial charge is 0.198 e. The van der Waals surface area contributed by atoms with Crippen molar-refractivity contribution < 1.29 is 4.79 Å². The first-order valence-electron chi connectivity index (χ1n) is 6.46. The van der Waals surface area contributed by atoms with Gasteiger partial charge in [0.15, 0.2) is 5.78 Å². The Morgan fingerprint density at radius 1 is 1.05 bits per heavy atom. The molecule has 6 heteroatoms. The number of anilines is 1. The first-order valence-corrected chi connectivity index (χ1v) is 7.21. The molecule has 0 radical (unpaired) electrons. The van der Waals surface area contributed by atoms with Crippen LogP contribution in [0.3, 0.4) is 0 Å². The number of benzene rings is 2. The van der Waals surface area contributed by atoms with Crippen LogP contribution in [-0.2, 0) is 0 Å². The summed E-state index contributed by atoms with van der Waals surface area (Å²) in [6, 6.07) is 13.7. The number of rotatable bonds is 3. The largest absolute Gasteiger partial charge is 0.383 e. The fourth-order valence-electron chi connectivity index (χ4n) is 2.10. The number of nitrogens with two attached hydrogens (primary N) is 1. The minimum absolute atomic E-state index is 0.206. The second-order valence-corrected chi connectivity index (χ2v) is 5.54. The van der Waals surface area contributed by atoms with Crippen molar-refractivity contribution in [3.63, 3.8) is 0 Å². The van der Waals surface area contributed by atoms with Crippen molar-refractivity contribution in [3.05, 3.63) is 75.9 Å². The van der Waals surface area contributed by atoms with E-state index in [1.54, 1.807) is 42.5 Å². The lowest BCUT2D eigenvalue weighted by atomic mass is 10.1. The number of ketones is 1. The first kappa shape index (κ1) is 14.6. The minimum atomic E-state index is -0.206. The fraction of sp³-hybridized carbons (Fsp3) is 0. The van der Waals surface area contributed by atoms with Crippen molar-refractivity contribution in [2.75, 3.05) is 5.73 Å². The van der Waals surface area contributed by atoms with Gasteiger partial charge in [-0.05, 0) is 42.5 Å². The predicted molar refractivity (Wildman–Crippen MR) is 87.9 cm³/mol. The summed E-state index contributed by atoms with van der Waals surface area (Å²) in [6.07, 6.45) is 1.45. The summed E-state index contributed by atoms with van der Waals surface area (Å²) in [7, 11) is 0. The number of nitrogen functional groups attached to an aromatic ring is 1. The van der Waals surface area contributed by atoms with Gasteiger partial charge in [-0.1, -0.05) is 29.3 Å². The van der Waals surface area contributed by atoms with Gasteiger partial charge in [0.05, 0.1) is 17.4 Å². The van der Waals surface area contributed by atoms with Gasteiger partial charge in [0.25, 0.3) is 0 Å². The molecule has 0 amide bonds. The number of carbonyl (C=O) groups is 1. The molecule has 2 aromatic carbocycles. The Kier molecular flexibility index (Phi) is 3.88. The van der Waals surface area contributed by atoms with Crippen molar-refractivity contribution in [2.24, 2.45) is 0 Å². The molecule has 4 nitrogen and oxygen atoms in total. The Balaban J connectivity index is 2.00. The predicted octanol–water partition coefficient (Wildman–Crippen LogP) is 3.99. The molecule has 1 heterocycles. The summed E-state index contributed by atoms with van der Waals surface area (Å²) in [5, 5.41) is 5.31. The highest BCUT2D eigenvalue weighted by atomic mass is 35.5. The van der Waals surface area contributed by atoms with Crippen LogP contribution >= 0.6 is 23.2 Å². The Morgan fingerprint density at radius 2 is 1.77 bits per heavy atom. The molecule has 0 bridgehead atoms. The number of hydrogen-bond donors (Lipinski definition) is 1. The van der Waals surface area contributed by atoms with Gasteiger partial charge in [-0.25, -0.2) is 4.68 Å². The van der Waals surface area contributed by atoms with Gasteiger partial charge in [0.2, 0.25) is 0 Å². The summed E-state index contributed by atoms with van der Waals surface area (Å²) in [5.74, 6) is 0.0599. The Bertz CT molecular complexity index is 841. The lowest BCUT2D eigenvalue weighted by Crippen LogP contribution is -2.07. The van der Waals surface area contributed by atoms with Crippen LogP contribution in [0, 0.1) is 0 Å². The van der Waals surface area contributed by atoms with E-state index in [2.05, 4.69) is 5.10 Å². The first-order chi connectivity index (χ1) is 10.6. The highest BCUT2D eigenvalue weighted by Gasteiger charge is 2.17. The minimum Gasteiger partial charge on any atom is -0.383 e. The van der Waals surface area contributed by atoms with Crippen LogP contribution in [0.25, 0.3) is 5.69 Å². The molecule has 0 spiro atoms. The highest BCUT2D eigenvalue weighted by Crippen LogP contribution is 2.22. The van der Waals surface area contributed by atoms with E-state index in [0.717, 1.165) is 0 Å². The zero-order chi connectivity index (χ0) is 15.7. The topological polar surface area (TPSA) is 60.9 Å². The molecule has 3 rings (SSSR count). The summed E-state index contributed by atoms with van der Waals surface area (Å²) in [4.78, 5) is 12.5. The average molecular weight is 332 g/mol. The average Bonchev–Trinajstić information content (AvgIpc) is 2.89. The molecule has 0 saturated carbocycles. The van der Waals surface area contributed by atoms with Crippen molar-refractivity contribution in [1.82, 2.24) is 9.78 Å². The van der Waals surface area contributed by atoms with E-state index < -0.39 is 0 Å². The second kappa shape index (κ2) is 5.83. The van der Waals surface area contributed by atoms with Crippen LogP contribution in [0.1, 0.15) is 15.9 Å². The maximum absolute atomic E-state index is 12.5. The molecule has 0 unspecified atom stereocenters. The molecule has 0 atom stereocenters. The van der Waals surface area contributed by atoms with Crippen molar-refractivity contribution in [3.8, 4) is 5.69 Å². The number of halogens is 2. The van der Waals surface area contributed by atoms with Crippen LogP contribution in [0.2, 0.25) is 10.0 Å². The second-order valence-electron chi connectivity index (χ2n) is 4.67. The third kappa shape index (κ3) is 2.71. The lowest BCUT2D eigenvalue weighted by molar-refractivity contribution is 0.103. The van der Waals surface area contributed by atoms with Gasteiger partial charge in [-0.15, -0.1) is 0 Å². The zero-order valence-corrected chi connectivity index (χ0v) is 12.8. The summed E-state index contributed by atoms with van der Waals surface area (Å²) in [5.41, 5.74) is 7.60. The quantitative estimate of drug-likeness (QED) is 0.738. The van der Waals surface area contributed by atoms with Crippen LogP contribution in [-0.4, -0.2) is 15.6 Å². The fourth-order valence-corrected chi connectivity index (χ4v) is 2.41. The molecule has 0 aliphatic carbocycles. The number of aromatic nitrogens is 2. The van der Waals surface area contributed by atoms with E-state index in [-0.39, 0.29) is 11.6 Å². The van der Waals surface area contributed by atoms with Crippen LogP contribution in [0.5, 0.6) is 0 Å². The standard InChI is InChI=1S/C16H11Cl2N3O/c17-11-6-4-10(5-7-11)15(22)14-9-20-21(16(14)19)13-3-1-2-12(18)8-13/h1-9H,19H2. The third-order valence-corrected chi connectivity index (χ3v) is 3.70. The Morgan fingerprint density at radius 3 is 2.45 bits per heavy atom. The SMILES string of the molecule is Nc1c(C(=O)c2ccc(Cl)cc2)cnn1-c1cccc(Cl)c1. The summed E-state index contributed by atoms with van der Waals surface area (Å²) < 4.78 is 1.48. The van der Waals surface area contributed by atoms with Crippen molar-refractivity contribution in [2.45, 2.75) is 0 Å². The van der Waals surface area contributed by atoms with Gasteiger partial charge in [0, 0.05) is 15.6 Å². The van der Waals surface area contributed by atoms with Crippen molar-refractivity contribution in [1.29, 1.82) is 0 Å². The summed E-state index contributed by atoms with van der Waals surface area (Å²) >= 11 is 11.8. The number of nitrogens with zero attached hydrogens (tertiary/aromatic N) is 2. The van der Waals surface area contributed by atoms with E-state index in [9.17, 15) is 4.79 Å². The zero-order valence-electron chi connectivity index (χ0n) is 11.3. The molecule has 0 fully saturated rings. The Labute approximate surface area is 137 Å².